The molecule has 0 spiro atoms. The van der Waals surface area contributed by atoms with Crippen molar-refractivity contribution in [2.24, 2.45) is 5.16 Å². The Labute approximate surface area is 221 Å². The maximum absolute atomic E-state index is 12.4. The summed E-state index contributed by atoms with van der Waals surface area (Å²) in [7, 11) is -0.830. The average molecular weight is 545 g/mol. The largest absolute Gasteiger partial charge is 0.386 e. The zero-order valence-corrected chi connectivity index (χ0v) is 22.5. The zero-order chi connectivity index (χ0) is 26.6. The molecule has 12 heteroatoms. The first-order valence-corrected chi connectivity index (χ1v) is 13.6. The Morgan fingerprint density at radius 3 is 2.57 bits per heavy atom. The molecule has 0 saturated carbocycles. The summed E-state index contributed by atoms with van der Waals surface area (Å²) in [6.45, 7) is 3.36. The van der Waals surface area contributed by atoms with Crippen molar-refractivity contribution in [1.82, 2.24) is 14.1 Å². The summed E-state index contributed by atoms with van der Waals surface area (Å²) in [6.07, 6.45) is 3.78. The van der Waals surface area contributed by atoms with Crippen molar-refractivity contribution in [3.05, 3.63) is 64.8 Å². The molecule has 1 aliphatic heterocycles. The molecular formula is C25H29ClN6O4S. The van der Waals surface area contributed by atoms with Crippen molar-refractivity contribution in [1.29, 1.82) is 0 Å². The SMILES string of the molecule is Cc1nn(-c2ccccc2)c(N2CCCC2)c1C=NOCC(=O)Nc1cc(S(=O)(=O)N(C)C)ccc1Cl. The molecule has 1 aliphatic rings. The maximum atomic E-state index is 12.4. The van der Waals surface area contributed by atoms with E-state index in [4.69, 9.17) is 21.5 Å². The predicted molar refractivity (Wildman–Crippen MR) is 144 cm³/mol. The molecule has 0 aliphatic carbocycles. The first-order valence-electron chi connectivity index (χ1n) is 11.8. The van der Waals surface area contributed by atoms with Crippen LogP contribution in [0.15, 0.2) is 58.6 Å². The topological polar surface area (TPSA) is 109 Å². The minimum atomic E-state index is -3.68. The smallest absolute Gasteiger partial charge is 0.265 e. The molecule has 1 saturated heterocycles. The van der Waals surface area contributed by atoms with Crippen LogP contribution in [0.4, 0.5) is 11.5 Å². The molecule has 2 aromatic carbocycles. The number of aromatic nitrogens is 2. The molecule has 4 rings (SSSR count). The lowest BCUT2D eigenvalue weighted by Gasteiger charge is -2.20. The number of oxime groups is 1. The molecule has 10 nitrogen and oxygen atoms in total. The molecule has 37 heavy (non-hydrogen) atoms. The maximum Gasteiger partial charge on any atom is 0.265 e. The molecule has 0 atom stereocenters. The van der Waals surface area contributed by atoms with Crippen LogP contribution in [-0.4, -0.2) is 68.4 Å². The number of nitrogens with zero attached hydrogens (tertiary/aromatic N) is 5. The van der Waals surface area contributed by atoms with Gasteiger partial charge in [-0.25, -0.2) is 17.4 Å². The molecular weight excluding hydrogens is 516 g/mol. The first-order chi connectivity index (χ1) is 17.7. The van der Waals surface area contributed by atoms with Gasteiger partial charge >= 0.3 is 0 Å². The predicted octanol–water partition coefficient (Wildman–Crippen LogP) is 3.67. The van der Waals surface area contributed by atoms with Crippen molar-refractivity contribution < 1.29 is 18.0 Å². The van der Waals surface area contributed by atoms with Crippen molar-refractivity contribution in [2.75, 3.05) is 44.0 Å². The second-order valence-corrected chi connectivity index (χ2v) is 11.3. The van der Waals surface area contributed by atoms with Gasteiger partial charge in [-0.3, -0.25) is 4.79 Å². The fraction of sp³-hybridized carbons (Fsp3) is 0.320. The standard InChI is InChI=1S/C25H29ClN6O4S/c1-18-21(25(31-13-7-8-14-31)32(29-18)19-9-5-4-6-10-19)16-27-36-17-24(33)28-23-15-20(11-12-22(23)26)37(34,35)30(2)3/h4-6,9-12,15-16H,7-8,13-14,17H2,1-3H3,(H,28,33). The van der Waals surface area contributed by atoms with E-state index in [0.717, 1.165) is 53.0 Å². The summed E-state index contributed by atoms with van der Waals surface area (Å²) < 4.78 is 27.8. The number of benzene rings is 2. The number of aryl methyl sites for hydroxylation is 1. The Kier molecular flexibility index (Phi) is 8.16. The summed E-state index contributed by atoms with van der Waals surface area (Å²) >= 11 is 6.15. The van der Waals surface area contributed by atoms with Crippen molar-refractivity contribution in [3.8, 4) is 5.69 Å². The van der Waals surface area contributed by atoms with Crippen molar-refractivity contribution in [3.63, 3.8) is 0 Å². The van der Waals surface area contributed by atoms with Crippen LogP contribution in [-0.2, 0) is 19.7 Å². The monoisotopic (exact) mass is 544 g/mol. The number of hydrogen-bond acceptors (Lipinski definition) is 7. The lowest BCUT2D eigenvalue weighted by atomic mass is 10.2. The van der Waals surface area contributed by atoms with Gasteiger partial charge in [0, 0.05) is 27.2 Å². The van der Waals surface area contributed by atoms with Gasteiger partial charge in [0.15, 0.2) is 6.61 Å². The number of halogens is 1. The van der Waals surface area contributed by atoms with Crippen molar-refractivity contribution >= 4 is 45.3 Å². The van der Waals surface area contributed by atoms with Gasteiger partial charge < -0.3 is 15.1 Å². The summed E-state index contributed by atoms with van der Waals surface area (Å²) in [4.78, 5) is 20.0. The van der Waals surface area contributed by atoms with E-state index in [9.17, 15) is 13.2 Å². The molecule has 1 aromatic heterocycles. The minimum absolute atomic E-state index is 0.0106. The van der Waals surface area contributed by atoms with Crippen LogP contribution in [0.1, 0.15) is 24.1 Å². The van der Waals surface area contributed by atoms with Crippen LogP contribution in [0.2, 0.25) is 5.02 Å². The third-order valence-corrected chi connectivity index (χ3v) is 8.07. The fourth-order valence-electron chi connectivity index (χ4n) is 4.00. The van der Waals surface area contributed by atoms with E-state index in [2.05, 4.69) is 15.4 Å². The number of amides is 1. The highest BCUT2D eigenvalue weighted by atomic mass is 35.5. The van der Waals surface area contributed by atoms with E-state index in [0.29, 0.717) is 0 Å². The lowest BCUT2D eigenvalue weighted by Crippen LogP contribution is -2.23. The summed E-state index contributed by atoms with van der Waals surface area (Å²) in [6, 6.07) is 14.0. The van der Waals surface area contributed by atoms with Gasteiger partial charge in [-0.2, -0.15) is 5.10 Å². The Balaban J connectivity index is 1.47. The fourth-order valence-corrected chi connectivity index (χ4v) is 5.10. The van der Waals surface area contributed by atoms with Gasteiger partial charge in [0.2, 0.25) is 10.0 Å². The van der Waals surface area contributed by atoms with Gasteiger partial charge in [-0.1, -0.05) is 35.0 Å². The van der Waals surface area contributed by atoms with E-state index in [-0.39, 0.29) is 22.2 Å². The summed E-state index contributed by atoms with van der Waals surface area (Å²) in [5, 5.41) is 11.5. The van der Waals surface area contributed by atoms with Crippen LogP contribution in [0.25, 0.3) is 5.69 Å². The van der Waals surface area contributed by atoms with Gasteiger partial charge in [-0.15, -0.1) is 0 Å². The summed E-state index contributed by atoms with van der Waals surface area (Å²) in [5.74, 6) is 0.401. The highest BCUT2D eigenvalue weighted by molar-refractivity contribution is 7.89. The third-order valence-electron chi connectivity index (χ3n) is 5.93. The van der Waals surface area contributed by atoms with Crippen LogP contribution >= 0.6 is 11.6 Å². The van der Waals surface area contributed by atoms with E-state index in [1.165, 1.54) is 32.3 Å². The van der Waals surface area contributed by atoms with Gasteiger partial charge in [0.1, 0.15) is 5.82 Å². The highest BCUT2D eigenvalue weighted by Gasteiger charge is 2.24. The molecule has 1 N–H and O–H groups in total. The number of hydrogen-bond donors (Lipinski definition) is 1. The molecule has 0 bridgehead atoms. The number of anilines is 2. The summed E-state index contributed by atoms with van der Waals surface area (Å²) in [5.41, 5.74) is 2.71. The highest BCUT2D eigenvalue weighted by Crippen LogP contribution is 2.29. The van der Waals surface area contributed by atoms with Crippen LogP contribution < -0.4 is 10.2 Å². The molecule has 1 amide bonds. The zero-order valence-electron chi connectivity index (χ0n) is 20.9. The molecule has 1 fully saturated rings. The second kappa shape index (κ2) is 11.3. The van der Waals surface area contributed by atoms with Gasteiger partial charge in [0.05, 0.1) is 38.8 Å². The number of carbonyl (C=O) groups excluding carboxylic acids is 1. The second-order valence-electron chi connectivity index (χ2n) is 8.75. The van der Waals surface area contributed by atoms with Crippen LogP contribution in [0.3, 0.4) is 0 Å². The van der Waals surface area contributed by atoms with Crippen LogP contribution in [0.5, 0.6) is 0 Å². The Morgan fingerprint density at radius 2 is 1.89 bits per heavy atom. The number of para-hydroxylation sites is 1. The normalized spacial score (nSPS) is 14.0. The number of sulfonamides is 1. The number of rotatable bonds is 9. The Bertz CT molecular complexity index is 1400. The third kappa shape index (κ3) is 5.95. The quantitative estimate of drug-likeness (QED) is 0.325. The average Bonchev–Trinajstić information content (AvgIpc) is 3.51. The lowest BCUT2D eigenvalue weighted by molar-refractivity contribution is -0.120. The molecule has 0 radical (unpaired) electrons. The van der Waals surface area contributed by atoms with Gasteiger partial charge in [-0.05, 0) is 50.1 Å². The Morgan fingerprint density at radius 1 is 1.19 bits per heavy atom. The number of carbonyl (C=O) groups is 1. The van der Waals surface area contributed by atoms with Gasteiger partial charge in [0.25, 0.3) is 5.91 Å². The number of nitrogens with one attached hydrogen (secondary N) is 1. The van der Waals surface area contributed by atoms with Crippen LogP contribution in [0, 0.1) is 6.92 Å². The molecule has 196 valence electrons. The molecule has 0 unspecified atom stereocenters. The molecule has 2 heterocycles. The molecule has 3 aromatic rings. The van der Waals surface area contributed by atoms with Crippen molar-refractivity contribution in [2.45, 2.75) is 24.7 Å². The van der Waals surface area contributed by atoms with E-state index in [1.807, 2.05) is 41.9 Å². The Hall–Kier alpha value is -3.41. The first kappa shape index (κ1) is 26.6. The van der Waals surface area contributed by atoms with E-state index < -0.39 is 15.9 Å². The minimum Gasteiger partial charge on any atom is -0.386 e. The van der Waals surface area contributed by atoms with E-state index in [1.54, 1.807) is 6.21 Å². The van der Waals surface area contributed by atoms with E-state index >= 15 is 0 Å².